The third kappa shape index (κ3) is 3.33. The summed E-state index contributed by atoms with van der Waals surface area (Å²) in [5, 5.41) is 20.8. The van der Waals surface area contributed by atoms with Gasteiger partial charge < -0.3 is 15.5 Å². The van der Waals surface area contributed by atoms with E-state index in [1.54, 1.807) is 5.32 Å². The highest BCUT2D eigenvalue weighted by Crippen LogP contribution is 2.40. The van der Waals surface area contributed by atoms with Gasteiger partial charge in [0.2, 0.25) is 0 Å². The van der Waals surface area contributed by atoms with Crippen molar-refractivity contribution in [3.8, 4) is 11.5 Å². The molecule has 0 saturated carbocycles. The van der Waals surface area contributed by atoms with Crippen molar-refractivity contribution in [2.75, 3.05) is 5.32 Å². The fraction of sp³-hybridized carbons (Fsp3) is 0.0714. The third-order valence-electron chi connectivity index (χ3n) is 2.85. The van der Waals surface area contributed by atoms with E-state index in [4.69, 9.17) is 0 Å². The predicted molar refractivity (Wildman–Crippen MR) is 69.1 cm³/mol. The molecular formula is C14H8F5NO3. The van der Waals surface area contributed by atoms with E-state index in [-0.39, 0.29) is 12.1 Å². The maximum atomic E-state index is 13.5. The van der Waals surface area contributed by atoms with Crippen LogP contribution in [0.1, 0.15) is 15.9 Å². The fourth-order valence-electron chi connectivity index (χ4n) is 1.79. The van der Waals surface area contributed by atoms with Crippen LogP contribution in [0.4, 0.5) is 27.6 Å². The Morgan fingerprint density at radius 1 is 1.00 bits per heavy atom. The summed E-state index contributed by atoms with van der Waals surface area (Å²) in [5.41, 5.74) is -3.17. The Morgan fingerprint density at radius 2 is 1.48 bits per heavy atom. The number of hydrogen-bond donors (Lipinski definition) is 3. The Labute approximate surface area is 125 Å². The molecule has 122 valence electrons. The molecule has 0 aromatic heterocycles. The molecule has 2 rings (SSSR count). The Balaban J connectivity index is 2.39. The number of benzene rings is 2. The summed E-state index contributed by atoms with van der Waals surface area (Å²) in [7, 11) is 0. The van der Waals surface area contributed by atoms with Crippen molar-refractivity contribution in [2.45, 2.75) is 6.18 Å². The minimum absolute atomic E-state index is 0.257. The summed E-state index contributed by atoms with van der Waals surface area (Å²) in [5.74, 6) is -6.03. The average molecular weight is 333 g/mol. The predicted octanol–water partition coefficient (Wildman–Crippen LogP) is 3.65. The number of nitrogens with one attached hydrogen (secondary N) is 1. The molecular weight excluding hydrogens is 325 g/mol. The van der Waals surface area contributed by atoms with Gasteiger partial charge in [-0.1, -0.05) is 6.07 Å². The number of anilines is 1. The number of phenolic OH excluding ortho intramolecular Hbond substituents is 2. The van der Waals surface area contributed by atoms with Gasteiger partial charge in [-0.25, -0.2) is 8.78 Å². The molecule has 23 heavy (non-hydrogen) atoms. The standard InChI is InChI=1S/C14H8F5NO3/c15-7-2-1-3-8(16)11(7)13(23)20-12-9(21)4-6(5-10(12)22)14(17,18)19/h1-5,21-22H,(H,20,23). The highest BCUT2D eigenvalue weighted by Gasteiger charge is 2.33. The summed E-state index contributed by atoms with van der Waals surface area (Å²) in [6.45, 7) is 0. The number of carbonyl (C=O) groups is 1. The van der Waals surface area contributed by atoms with E-state index in [2.05, 4.69) is 0 Å². The van der Waals surface area contributed by atoms with Crippen LogP contribution >= 0.6 is 0 Å². The van der Waals surface area contributed by atoms with Crippen LogP contribution in [0.2, 0.25) is 0 Å². The van der Waals surface area contributed by atoms with E-state index in [9.17, 15) is 37.0 Å². The zero-order valence-corrected chi connectivity index (χ0v) is 11.1. The van der Waals surface area contributed by atoms with E-state index >= 15 is 0 Å². The van der Waals surface area contributed by atoms with Crippen molar-refractivity contribution in [3.63, 3.8) is 0 Å². The minimum atomic E-state index is -4.84. The smallest absolute Gasteiger partial charge is 0.416 e. The van der Waals surface area contributed by atoms with Crippen LogP contribution in [0.15, 0.2) is 30.3 Å². The number of rotatable bonds is 2. The van der Waals surface area contributed by atoms with Gasteiger partial charge >= 0.3 is 6.18 Å². The molecule has 0 fully saturated rings. The Bertz CT molecular complexity index is 730. The average Bonchev–Trinajstić information content (AvgIpc) is 2.41. The molecule has 0 unspecified atom stereocenters. The van der Waals surface area contributed by atoms with Gasteiger partial charge in [-0.05, 0) is 24.3 Å². The van der Waals surface area contributed by atoms with Crippen molar-refractivity contribution in [2.24, 2.45) is 0 Å². The van der Waals surface area contributed by atoms with Crippen molar-refractivity contribution >= 4 is 11.6 Å². The molecule has 1 amide bonds. The number of halogens is 5. The monoisotopic (exact) mass is 333 g/mol. The number of amides is 1. The first-order valence-electron chi connectivity index (χ1n) is 5.99. The SMILES string of the molecule is O=C(Nc1c(O)cc(C(F)(F)F)cc1O)c1c(F)cccc1F. The van der Waals surface area contributed by atoms with E-state index < -0.39 is 52.0 Å². The van der Waals surface area contributed by atoms with E-state index in [1.165, 1.54) is 0 Å². The molecule has 3 N–H and O–H groups in total. The van der Waals surface area contributed by atoms with Gasteiger partial charge in [0.15, 0.2) is 0 Å². The molecule has 0 spiro atoms. The van der Waals surface area contributed by atoms with Crippen LogP contribution < -0.4 is 5.32 Å². The minimum Gasteiger partial charge on any atom is -0.506 e. The van der Waals surface area contributed by atoms with Gasteiger partial charge in [0.25, 0.3) is 5.91 Å². The van der Waals surface area contributed by atoms with E-state index in [1.807, 2.05) is 0 Å². The third-order valence-corrected chi connectivity index (χ3v) is 2.85. The molecule has 2 aromatic carbocycles. The van der Waals surface area contributed by atoms with Crippen LogP contribution in [0.3, 0.4) is 0 Å². The zero-order chi connectivity index (χ0) is 17.4. The van der Waals surface area contributed by atoms with Gasteiger partial charge in [-0.15, -0.1) is 0 Å². The quantitative estimate of drug-likeness (QED) is 0.580. The summed E-state index contributed by atoms with van der Waals surface area (Å²) >= 11 is 0. The maximum absolute atomic E-state index is 13.5. The molecule has 0 radical (unpaired) electrons. The molecule has 2 aromatic rings. The first-order chi connectivity index (χ1) is 10.6. The highest BCUT2D eigenvalue weighted by atomic mass is 19.4. The van der Waals surface area contributed by atoms with Gasteiger partial charge in [0.1, 0.15) is 34.4 Å². The lowest BCUT2D eigenvalue weighted by atomic mass is 10.1. The zero-order valence-electron chi connectivity index (χ0n) is 11.1. The second kappa shape index (κ2) is 5.75. The number of carbonyl (C=O) groups excluding carboxylic acids is 1. The molecule has 0 aliphatic heterocycles. The van der Waals surface area contributed by atoms with Crippen molar-refractivity contribution < 1.29 is 37.0 Å². The molecule has 0 atom stereocenters. The normalized spacial score (nSPS) is 11.3. The Kier molecular flexibility index (Phi) is 4.13. The van der Waals surface area contributed by atoms with Crippen LogP contribution in [-0.4, -0.2) is 16.1 Å². The van der Waals surface area contributed by atoms with Crippen LogP contribution in [-0.2, 0) is 6.18 Å². The van der Waals surface area contributed by atoms with Gasteiger partial charge in [-0.2, -0.15) is 13.2 Å². The summed E-state index contributed by atoms with van der Waals surface area (Å²) in [6, 6.07) is 3.11. The van der Waals surface area contributed by atoms with E-state index in [0.717, 1.165) is 18.2 Å². The van der Waals surface area contributed by atoms with Crippen molar-refractivity contribution in [3.05, 3.63) is 53.1 Å². The lowest BCUT2D eigenvalue weighted by Gasteiger charge is -2.13. The summed E-state index contributed by atoms with van der Waals surface area (Å²) < 4.78 is 64.4. The second-order valence-corrected chi connectivity index (χ2v) is 4.44. The summed E-state index contributed by atoms with van der Waals surface area (Å²) in [4.78, 5) is 11.8. The highest BCUT2D eigenvalue weighted by molar-refractivity contribution is 6.06. The molecule has 0 aliphatic rings. The number of hydrogen-bond acceptors (Lipinski definition) is 3. The van der Waals surface area contributed by atoms with Crippen molar-refractivity contribution in [1.29, 1.82) is 0 Å². The largest absolute Gasteiger partial charge is 0.506 e. The second-order valence-electron chi connectivity index (χ2n) is 4.44. The molecule has 0 bridgehead atoms. The lowest BCUT2D eigenvalue weighted by molar-refractivity contribution is -0.137. The summed E-state index contributed by atoms with van der Waals surface area (Å²) in [6.07, 6.45) is -4.84. The van der Waals surface area contributed by atoms with Crippen molar-refractivity contribution in [1.82, 2.24) is 0 Å². The molecule has 0 saturated heterocycles. The first-order valence-corrected chi connectivity index (χ1v) is 5.99. The first kappa shape index (κ1) is 16.5. The van der Waals surface area contributed by atoms with E-state index in [0.29, 0.717) is 0 Å². The molecule has 4 nitrogen and oxygen atoms in total. The fourth-order valence-corrected chi connectivity index (χ4v) is 1.79. The number of aromatic hydroxyl groups is 2. The Morgan fingerprint density at radius 3 is 1.91 bits per heavy atom. The number of phenols is 2. The molecule has 0 aliphatic carbocycles. The topological polar surface area (TPSA) is 69.6 Å². The maximum Gasteiger partial charge on any atom is 0.416 e. The lowest BCUT2D eigenvalue weighted by Crippen LogP contribution is -2.16. The van der Waals surface area contributed by atoms with Crippen LogP contribution in [0.25, 0.3) is 0 Å². The molecule has 9 heteroatoms. The Hall–Kier alpha value is -2.84. The van der Waals surface area contributed by atoms with Gasteiger partial charge in [0.05, 0.1) is 5.56 Å². The van der Waals surface area contributed by atoms with Gasteiger partial charge in [0, 0.05) is 0 Å². The number of alkyl halides is 3. The van der Waals surface area contributed by atoms with Crippen LogP contribution in [0, 0.1) is 11.6 Å². The van der Waals surface area contributed by atoms with Crippen LogP contribution in [0.5, 0.6) is 11.5 Å². The molecule has 0 heterocycles. The van der Waals surface area contributed by atoms with Gasteiger partial charge in [-0.3, -0.25) is 4.79 Å².